The quantitative estimate of drug-likeness (QED) is 0.375. The first-order valence-corrected chi connectivity index (χ1v) is 12.5. The van der Waals surface area contributed by atoms with Crippen molar-refractivity contribution < 1.29 is 9.84 Å². The van der Waals surface area contributed by atoms with Gasteiger partial charge in [-0.3, -0.25) is 0 Å². The summed E-state index contributed by atoms with van der Waals surface area (Å²) in [4.78, 5) is 0. The molecule has 0 aromatic heterocycles. The molecule has 2 aromatic carbocycles. The molecule has 0 saturated heterocycles. The minimum absolute atomic E-state index is 0.150. The summed E-state index contributed by atoms with van der Waals surface area (Å²) in [7, 11) is 0. The van der Waals surface area contributed by atoms with Crippen LogP contribution < -0.4 is 4.74 Å². The van der Waals surface area contributed by atoms with Gasteiger partial charge in [0, 0.05) is 6.61 Å². The second kappa shape index (κ2) is 11.7. The Bertz CT molecular complexity index is 781. The molecular weight excluding hydrogens is 380 g/mol. The van der Waals surface area contributed by atoms with Gasteiger partial charge in [0.1, 0.15) is 12.4 Å². The van der Waals surface area contributed by atoms with Gasteiger partial charge in [0.15, 0.2) is 0 Å². The zero-order valence-corrected chi connectivity index (χ0v) is 19.9. The molecule has 0 heterocycles. The lowest BCUT2D eigenvalue weighted by molar-refractivity contribution is 0.178. The molecule has 3 rings (SSSR count). The zero-order valence-electron chi connectivity index (χ0n) is 19.9. The molecule has 31 heavy (non-hydrogen) atoms. The smallest absolute Gasteiger partial charge is 0.123 e. The first-order chi connectivity index (χ1) is 15.0. The van der Waals surface area contributed by atoms with E-state index in [0.29, 0.717) is 25.0 Å². The molecule has 2 aromatic rings. The minimum atomic E-state index is 0.150. The van der Waals surface area contributed by atoms with E-state index in [1.54, 1.807) is 0 Å². The van der Waals surface area contributed by atoms with Crippen LogP contribution in [0, 0.1) is 5.92 Å². The van der Waals surface area contributed by atoms with Gasteiger partial charge in [0.25, 0.3) is 0 Å². The second-order valence-electron chi connectivity index (χ2n) is 10.1. The standard InChI is InChI=1S/C29H42O2/c1-4-5-6-10-18-29(2,3)26-16-17-27(25-15-11-14-24(19-25)21-30)28(20-26)31-22-23-12-8-7-9-13-23/h7-9,12-13,16-17,20,24-25,30H,4-6,10-11,14-15,18-19,21-22H2,1-3H3/t24-,25+/m1/s1. The highest BCUT2D eigenvalue weighted by molar-refractivity contribution is 5.43. The molecule has 0 unspecified atom stereocenters. The van der Waals surface area contributed by atoms with E-state index < -0.39 is 0 Å². The number of hydrogen-bond donors (Lipinski definition) is 1. The van der Waals surface area contributed by atoms with E-state index in [2.05, 4.69) is 63.2 Å². The monoisotopic (exact) mass is 422 g/mol. The van der Waals surface area contributed by atoms with Crippen LogP contribution in [0.2, 0.25) is 0 Å². The van der Waals surface area contributed by atoms with Crippen molar-refractivity contribution in [3.63, 3.8) is 0 Å². The summed E-state index contributed by atoms with van der Waals surface area (Å²) in [6.07, 6.45) is 11.0. The summed E-state index contributed by atoms with van der Waals surface area (Å²) in [5.74, 6) is 1.96. The maximum atomic E-state index is 9.72. The summed E-state index contributed by atoms with van der Waals surface area (Å²) in [5.41, 5.74) is 4.07. The van der Waals surface area contributed by atoms with Crippen LogP contribution in [0.3, 0.4) is 0 Å². The number of unbranched alkanes of at least 4 members (excludes halogenated alkanes) is 3. The Morgan fingerprint density at radius 1 is 1.00 bits per heavy atom. The van der Waals surface area contributed by atoms with Gasteiger partial charge in [-0.05, 0) is 65.7 Å². The lowest BCUT2D eigenvalue weighted by Gasteiger charge is -2.31. The Balaban J connectivity index is 1.82. The average molecular weight is 423 g/mol. The fraction of sp³-hybridized carbons (Fsp3) is 0.586. The largest absolute Gasteiger partial charge is 0.489 e. The minimum Gasteiger partial charge on any atom is -0.489 e. The van der Waals surface area contributed by atoms with E-state index in [1.165, 1.54) is 61.6 Å². The summed E-state index contributed by atoms with van der Waals surface area (Å²) >= 11 is 0. The molecular formula is C29H42O2. The Kier molecular flexibility index (Phi) is 9.02. The van der Waals surface area contributed by atoms with Crippen molar-refractivity contribution in [1.82, 2.24) is 0 Å². The van der Waals surface area contributed by atoms with Crippen LogP contribution in [-0.2, 0) is 12.0 Å². The van der Waals surface area contributed by atoms with Gasteiger partial charge in [-0.25, -0.2) is 0 Å². The predicted octanol–water partition coefficient (Wildman–Crippen LogP) is 7.78. The van der Waals surface area contributed by atoms with E-state index in [0.717, 1.165) is 18.6 Å². The summed E-state index contributed by atoms with van der Waals surface area (Å²) in [6.45, 7) is 7.92. The van der Waals surface area contributed by atoms with Gasteiger partial charge >= 0.3 is 0 Å². The summed E-state index contributed by atoms with van der Waals surface area (Å²) in [6, 6.07) is 17.4. The van der Waals surface area contributed by atoms with Crippen LogP contribution in [0.4, 0.5) is 0 Å². The summed E-state index contributed by atoms with van der Waals surface area (Å²) in [5, 5.41) is 9.72. The normalized spacial score (nSPS) is 19.4. The Morgan fingerprint density at radius 3 is 2.55 bits per heavy atom. The molecule has 1 saturated carbocycles. The topological polar surface area (TPSA) is 29.5 Å². The van der Waals surface area contributed by atoms with Crippen molar-refractivity contribution in [2.45, 2.75) is 96.5 Å². The van der Waals surface area contributed by atoms with Crippen molar-refractivity contribution >= 4 is 0 Å². The molecule has 1 aliphatic carbocycles. The third-order valence-corrected chi connectivity index (χ3v) is 7.17. The molecule has 2 atom stereocenters. The highest BCUT2D eigenvalue weighted by Crippen LogP contribution is 2.42. The number of aliphatic hydroxyl groups is 1. The zero-order chi connectivity index (χ0) is 22.1. The SMILES string of the molecule is CCCCCCC(C)(C)c1ccc([C@H]2CCC[C@@H](CO)C2)c(OCc2ccccc2)c1. The Labute approximate surface area is 190 Å². The number of rotatable bonds is 11. The van der Waals surface area contributed by atoms with E-state index >= 15 is 0 Å². The Morgan fingerprint density at radius 2 is 1.81 bits per heavy atom. The molecule has 0 amide bonds. The van der Waals surface area contributed by atoms with Crippen LogP contribution in [0.15, 0.2) is 48.5 Å². The van der Waals surface area contributed by atoms with Crippen molar-refractivity contribution in [1.29, 1.82) is 0 Å². The molecule has 0 spiro atoms. The van der Waals surface area contributed by atoms with E-state index in [4.69, 9.17) is 4.74 Å². The fourth-order valence-electron chi connectivity index (χ4n) is 5.03. The third-order valence-electron chi connectivity index (χ3n) is 7.17. The molecule has 1 fully saturated rings. The van der Waals surface area contributed by atoms with Crippen molar-refractivity contribution in [3.8, 4) is 5.75 Å². The highest BCUT2D eigenvalue weighted by atomic mass is 16.5. The van der Waals surface area contributed by atoms with Gasteiger partial charge < -0.3 is 9.84 Å². The molecule has 2 nitrogen and oxygen atoms in total. The fourth-order valence-corrected chi connectivity index (χ4v) is 5.03. The van der Waals surface area contributed by atoms with Crippen molar-refractivity contribution in [3.05, 3.63) is 65.2 Å². The van der Waals surface area contributed by atoms with Gasteiger partial charge in [-0.1, -0.05) is 95.3 Å². The van der Waals surface area contributed by atoms with Crippen molar-refractivity contribution in [2.75, 3.05) is 6.61 Å². The third kappa shape index (κ3) is 6.84. The number of ether oxygens (including phenoxy) is 1. The number of hydrogen-bond acceptors (Lipinski definition) is 2. The highest BCUT2D eigenvalue weighted by Gasteiger charge is 2.27. The first kappa shape index (κ1) is 23.9. The van der Waals surface area contributed by atoms with E-state index in [1.807, 2.05) is 6.07 Å². The van der Waals surface area contributed by atoms with Gasteiger partial charge in [0.2, 0.25) is 0 Å². The van der Waals surface area contributed by atoms with E-state index in [-0.39, 0.29) is 5.41 Å². The van der Waals surface area contributed by atoms with Crippen LogP contribution >= 0.6 is 0 Å². The molecule has 0 bridgehead atoms. The predicted molar refractivity (Wildman–Crippen MR) is 131 cm³/mol. The second-order valence-corrected chi connectivity index (χ2v) is 10.1. The Hall–Kier alpha value is -1.80. The molecule has 0 aliphatic heterocycles. The number of aliphatic hydroxyl groups excluding tert-OH is 1. The lowest BCUT2D eigenvalue weighted by Crippen LogP contribution is -2.20. The average Bonchev–Trinajstić information content (AvgIpc) is 2.81. The van der Waals surface area contributed by atoms with Crippen LogP contribution in [0.1, 0.15) is 101 Å². The van der Waals surface area contributed by atoms with Gasteiger partial charge in [-0.15, -0.1) is 0 Å². The molecule has 170 valence electrons. The van der Waals surface area contributed by atoms with Gasteiger partial charge in [-0.2, -0.15) is 0 Å². The van der Waals surface area contributed by atoms with Crippen LogP contribution in [-0.4, -0.2) is 11.7 Å². The van der Waals surface area contributed by atoms with Crippen LogP contribution in [0.25, 0.3) is 0 Å². The maximum Gasteiger partial charge on any atom is 0.123 e. The molecule has 1 aliphatic rings. The van der Waals surface area contributed by atoms with Gasteiger partial charge in [0.05, 0.1) is 0 Å². The first-order valence-electron chi connectivity index (χ1n) is 12.5. The van der Waals surface area contributed by atoms with E-state index in [9.17, 15) is 5.11 Å². The molecule has 2 heteroatoms. The summed E-state index contributed by atoms with van der Waals surface area (Å²) < 4.78 is 6.46. The maximum absolute atomic E-state index is 9.72. The molecule has 1 N–H and O–H groups in total. The lowest BCUT2D eigenvalue weighted by atomic mass is 9.76. The van der Waals surface area contributed by atoms with Crippen molar-refractivity contribution in [2.24, 2.45) is 5.92 Å². The molecule has 0 radical (unpaired) electrons. The number of benzene rings is 2. The van der Waals surface area contributed by atoms with Crippen LogP contribution in [0.5, 0.6) is 5.75 Å².